The molecule has 0 aromatic heterocycles. The summed E-state index contributed by atoms with van der Waals surface area (Å²) in [4.78, 5) is 14.7. The van der Waals surface area contributed by atoms with E-state index in [-0.39, 0.29) is 25.0 Å². The molecule has 150 valence electrons. The summed E-state index contributed by atoms with van der Waals surface area (Å²) in [5.41, 5.74) is 2.54. The zero-order valence-electron chi connectivity index (χ0n) is 15.3. The fraction of sp³-hybridized carbons (Fsp3) is 0.316. The zero-order valence-corrected chi connectivity index (χ0v) is 19.2. The molecule has 0 fully saturated rings. The van der Waals surface area contributed by atoms with E-state index in [0.29, 0.717) is 15.6 Å². The van der Waals surface area contributed by atoms with Gasteiger partial charge < -0.3 is 4.90 Å². The molecule has 0 saturated carbocycles. The Morgan fingerprint density at radius 3 is 2.57 bits per heavy atom. The van der Waals surface area contributed by atoms with Crippen molar-refractivity contribution in [1.29, 1.82) is 0 Å². The summed E-state index contributed by atoms with van der Waals surface area (Å²) < 4.78 is 26.7. The number of halogens is 3. The smallest absolute Gasteiger partial charge is 0.242 e. The average molecular weight is 506 g/mol. The second kappa shape index (κ2) is 8.32. The van der Waals surface area contributed by atoms with Crippen molar-refractivity contribution < 1.29 is 13.2 Å². The molecule has 0 bridgehead atoms. The Morgan fingerprint density at radius 1 is 1.21 bits per heavy atom. The number of anilines is 1. The molecule has 1 aliphatic rings. The Bertz CT molecular complexity index is 1030. The van der Waals surface area contributed by atoms with Gasteiger partial charge in [-0.15, -0.1) is 0 Å². The van der Waals surface area contributed by atoms with Crippen molar-refractivity contribution in [3.05, 3.63) is 62.0 Å². The SMILES string of the molecule is C[C@@H]1Cc2cc(Br)ccc2N1C(=O)CN(Cc1ccc(Cl)c(Cl)c1)S(C)(=O)=O. The average Bonchev–Trinajstić information content (AvgIpc) is 2.91. The summed E-state index contributed by atoms with van der Waals surface area (Å²) >= 11 is 15.4. The first-order chi connectivity index (χ1) is 13.1. The molecule has 9 heteroatoms. The van der Waals surface area contributed by atoms with Crippen LogP contribution in [0.3, 0.4) is 0 Å². The summed E-state index contributed by atoms with van der Waals surface area (Å²) in [7, 11) is -3.61. The third kappa shape index (κ3) is 4.71. The Balaban J connectivity index is 1.84. The van der Waals surface area contributed by atoms with Gasteiger partial charge in [0.25, 0.3) is 0 Å². The number of carbonyl (C=O) groups is 1. The van der Waals surface area contributed by atoms with Gasteiger partial charge in [0, 0.05) is 22.7 Å². The maximum atomic E-state index is 13.0. The second-order valence-corrected chi connectivity index (χ2v) is 10.6. The topological polar surface area (TPSA) is 57.7 Å². The minimum atomic E-state index is -3.61. The first-order valence-electron chi connectivity index (χ1n) is 8.56. The Kier molecular flexibility index (Phi) is 6.41. The summed E-state index contributed by atoms with van der Waals surface area (Å²) in [6.45, 7) is 1.74. The highest BCUT2D eigenvalue weighted by atomic mass is 79.9. The number of hydrogen-bond donors (Lipinski definition) is 0. The van der Waals surface area contributed by atoms with Gasteiger partial charge in [-0.3, -0.25) is 4.79 Å². The van der Waals surface area contributed by atoms with Crippen LogP contribution in [-0.2, 0) is 27.8 Å². The van der Waals surface area contributed by atoms with Crippen molar-refractivity contribution >= 4 is 60.7 Å². The Labute approximate surface area is 183 Å². The molecule has 1 aliphatic heterocycles. The maximum absolute atomic E-state index is 13.0. The summed E-state index contributed by atoms with van der Waals surface area (Å²) in [5, 5.41) is 0.729. The van der Waals surface area contributed by atoms with E-state index in [1.807, 2.05) is 25.1 Å². The highest BCUT2D eigenvalue weighted by molar-refractivity contribution is 9.10. The van der Waals surface area contributed by atoms with Crippen molar-refractivity contribution in [2.45, 2.75) is 25.9 Å². The Morgan fingerprint density at radius 2 is 1.93 bits per heavy atom. The van der Waals surface area contributed by atoms with Crippen molar-refractivity contribution in [2.75, 3.05) is 17.7 Å². The lowest BCUT2D eigenvalue weighted by molar-refractivity contribution is -0.119. The van der Waals surface area contributed by atoms with Crippen LogP contribution in [0.15, 0.2) is 40.9 Å². The van der Waals surface area contributed by atoms with Crippen molar-refractivity contribution in [3.8, 4) is 0 Å². The number of carbonyl (C=O) groups excluding carboxylic acids is 1. The van der Waals surface area contributed by atoms with Crippen LogP contribution in [-0.4, -0.2) is 37.5 Å². The molecule has 2 aromatic rings. The normalized spacial score (nSPS) is 16.5. The van der Waals surface area contributed by atoms with Gasteiger partial charge in [0.15, 0.2) is 0 Å². The molecule has 1 amide bonds. The first-order valence-corrected chi connectivity index (χ1v) is 12.0. The molecular formula is C19H19BrCl2N2O3S. The van der Waals surface area contributed by atoms with Gasteiger partial charge >= 0.3 is 0 Å². The molecule has 2 aromatic carbocycles. The summed E-state index contributed by atoms with van der Waals surface area (Å²) in [6.07, 6.45) is 1.82. The van der Waals surface area contributed by atoms with E-state index >= 15 is 0 Å². The minimum Gasteiger partial charge on any atom is -0.308 e. The molecule has 0 radical (unpaired) electrons. The number of nitrogens with zero attached hydrogens (tertiary/aromatic N) is 2. The van der Waals surface area contributed by atoms with Crippen LogP contribution in [0.4, 0.5) is 5.69 Å². The fourth-order valence-corrected chi connectivity index (χ4v) is 4.80. The molecule has 1 atom stereocenters. The van der Waals surface area contributed by atoms with Crippen molar-refractivity contribution in [3.63, 3.8) is 0 Å². The van der Waals surface area contributed by atoms with Crippen molar-refractivity contribution in [1.82, 2.24) is 4.31 Å². The van der Waals surface area contributed by atoms with Crippen LogP contribution in [0.2, 0.25) is 10.0 Å². The quantitative estimate of drug-likeness (QED) is 0.601. The highest BCUT2D eigenvalue weighted by Crippen LogP contribution is 2.34. The maximum Gasteiger partial charge on any atom is 0.242 e. The van der Waals surface area contributed by atoms with Crippen molar-refractivity contribution in [2.24, 2.45) is 0 Å². The predicted molar refractivity (Wildman–Crippen MR) is 117 cm³/mol. The van der Waals surface area contributed by atoms with E-state index < -0.39 is 10.0 Å². The Hall–Kier alpha value is -1.12. The number of hydrogen-bond acceptors (Lipinski definition) is 3. The van der Waals surface area contributed by atoms with E-state index in [4.69, 9.17) is 23.2 Å². The van der Waals surface area contributed by atoms with Crippen LogP contribution >= 0.6 is 39.1 Å². The fourth-order valence-electron chi connectivity index (χ4n) is 3.34. The summed E-state index contributed by atoms with van der Waals surface area (Å²) in [5.74, 6) is -0.265. The number of rotatable bonds is 5. The number of sulfonamides is 1. The number of benzene rings is 2. The molecule has 5 nitrogen and oxygen atoms in total. The van der Waals surface area contributed by atoms with Gasteiger partial charge in [-0.05, 0) is 54.8 Å². The van der Waals surface area contributed by atoms with E-state index in [0.717, 1.165) is 32.7 Å². The van der Waals surface area contributed by atoms with E-state index in [1.165, 1.54) is 0 Å². The first kappa shape index (κ1) is 21.6. The van der Waals surface area contributed by atoms with Crippen LogP contribution in [0.25, 0.3) is 0 Å². The van der Waals surface area contributed by atoms with E-state index in [1.54, 1.807) is 23.1 Å². The highest BCUT2D eigenvalue weighted by Gasteiger charge is 2.33. The molecule has 0 spiro atoms. The number of fused-ring (bicyclic) bond motifs is 1. The standard InChI is InChI=1S/C19H19BrCl2N2O3S/c1-12-7-14-9-15(20)4-6-18(14)24(12)19(25)11-23(28(2,26)27)10-13-3-5-16(21)17(22)8-13/h3-6,8-9,12H,7,10-11H2,1-2H3/t12-/m1/s1. The predicted octanol–water partition coefficient (Wildman–Crippen LogP) is 4.50. The molecule has 0 unspecified atom stereocenters. The molecular weight excluding hydrogens is 487 g/mol. The van der Waals surface area contributed by atoms with E-state index in [9.17, 15) is 13.2 Å². The lowest BCUT2D eigenvalue weighted by atomic mass is 10.1. The van der Waals surface area contributed by atoms with Gasteiger partial charge in [-0.2, -0.15) is 4.31 Å². The zero-order chi connectivity index (χ0) is 20.6. The molecule has 3 rings (SSSR count). The third-order valence-corrected chi connectivity index (χ3v) is 7.08. The molecule has 1 heterocycles. The lowest BCUT2D eigenvalue weighted by Crippen LogP contribution is -2.44. The van der Waals surface area contributed by atoms with Gasteiger partial charge in [0.05, 0.1) is 22.8 Å². The molecule has 28 heavy (non-hydrogen) atoms. The minimum absolute atomic E-state index is 0.0386. The summed E-state index contributed by atoms with van der Waals surface area (Å²) in [6, 6.07) is 10.6. The third-order valence-electron chi connectivity index (χ3n) is 4.65. The van der Waals surface area contributed by atoms with Crippen LogP contribution in [0.5, 0.6) is 0 Å². The van der Waals surface area contributed by atoms with Crippen LogP contribution in [0, 0.1) is 0 Å². The monoisotopic (exact) mass is 504 g/mol. The van der Waals surface area contributed by atoms with Gasteiger partial charge in [0.2, 0.25) is 15.9 Å². The molecule has 0 N–H and O–H groups in total. The molecule has 0 aliphatic carbocycles. The van der Waals surface area contributed by atoms with Gasteiger partial charge in [0.1, 0.15) is 0 Å². The second-order valence-electron chi connectivity index (χ2n) is 6.87. The number of amides is 1. The van der Waals surface area contributed by atoms with Gasteiger partial charge in [-0.25, -0.2) is 8.42 Å². The largest absolute Gasteiger partial charge is 0.308 e. The van der Waals surface area contributed by atoms with Crippen LogP contribution < -0.4 is 4.90 Å². The molecule has 0 saturated heterocycles. The van der Waals surface area contributed by atoms with E-state index in [2.05, 4.69) is 15.9 Å². The van der Waals surface area contributed by atoms with Crippen LogP contribution in [0.1, 0.15) is 18.1 Å². The van der Waals surface area contributed by atoms with Gasteiger partial charge in [-0.1, -0.05) is 45.2 Å². The lowest BCUT2D eigenvalue weighted by Gasteiger charge is -2.27.